The molecular weight excluding hydrogens is 168 g/mol. The molecule has 0 aromatic carbocycles. The van der Waals surface area contributed by atoms with Crippen LogP contribution < -0.4 is 5.43 Å². The summed E-state index contributed by atoms with van der Waals surface area (Å²) in [5, 5.41) is 12.7. The van der Waals surface area contributed by atoms with E-state index < -0.39 is 11.9 Å². The third-order valence-corrected chi connectivity index (χ3v) is 1.82. The molecule has 13 heavy (non-hydrogen) atoms. The lowest BCUT2D eigenvalue weighted by Gasteiger charge is -2.12. The minimum Gasteiger partial charge on any atom is -0.481 e. The van der Waals surface area contributed by atoms with Crippen molar-refractivity contribution in [1.82, 2.24) is 5.43 Å². The molecule has 0 saturated heterocycles. The summed E-state index contributed by atoms with van der Waals surface area (Å²) in [7, 11) is 0. The van der Waals surface area contributed by atoms with Gasteiger partial charge in [0, 0.05) is 11.9 Å². The number of hydrogen-bond donors (Lipinski definition) is 2. The van der Waals surface area contributed by atoms with Crippen molar-refractivity contribution < 1.29 is 9.90 Å². The maximum absolute atomic E-state index is 10.8. The summed E-state index contributed by atoms with van der Waals surface area (Å²) >= 11 is 0. The number of nitrogens with one attached hydrogen (secondary N) is 1. The van der Waals surface area contributed by atoms with E-state index in [2.05, 4.69) is 10.5 Å². The first-order chi connectivity index (χ1) is 6.25. The summed E-state index contributed by atoms with van der Waals surface area (Å²) in [5.74, 6) is -1.33. The molecule has 1 aliphatic rings. The second-order valence-corrected chi connectivity index (χ2v) is 2.70. The van der Waals surface area contributed by atoms with Crippen molar-refractivity contribution >= 4 is 12.2 Å². The van der Waals surface area contributed by atoms with E-state index in [0.29, 0.717) is 12.1 Å². The average Bonchev–Trinajstić information content (AvgIpc) is 2.33. The summed E-state index contributed by atoms with van der Waals surface area (Å²) < 4.78 is 0. The molecule has 0 spiro atoms. The van der Waals surface area contributed by atoms with Gasteiger partial charge in [0.25, 0.3) is 0 Å². The maximum atomic E-state index is 10.8. The predicted molar refractivity (Wildman–Crippen MR) is 50.3 cm³/mol. The summed E-state index contributed by atoms with van der Waals surface area (Å²) in [4.78, 5) is 10.8. The van der Waals surface area contributed by atoms with Crippen LogP contribution in [-0.2, 0) is 4.79 Å². The van der Waals surface area contributed by atoms with Gasteiger partial charge in [0.1, 0.15) is 0 Å². The van der Waals surface area contributed by atoms with Crippen molar-refractivity contribution in [2.45, 2.75) is 13.3 Å². The van der Waals surface area contributed by atoms with Gasteiger partial charge in [-0.1, -0.05) is 13.0 Å². The number of nitrogens with zero attached hydrogens (tertiary/aromatic N) is 1. The molecule has 1 rings (SSSR count). The SMILES string of the molecule is CCC(C(=O)O)C1=CC=CC=NN1. The molecular formula is C9H12N2O2. The fourth-order valence-corrected chi connectivity index (χ4v) is 1.12. The van der Waals surface area contributed by atoms with Crippen LogP contribution >= 0.6 is 0 Å². The van der Waals surface area contributed by atoms with Gasteiger partial charge in [-0.25, -0.2) is 0 Å². The molecule has 70 valence electrons. The zero-order valence-corrected chi connectivity index (χ0v) is 7.40. The zero-order valence-electron chi connectivity index (χ0n) is 7.40. The van der Waals surface area contributed by atoms with E-state index in [1.165, 1.54) is 0 Å². The Kier molecular flexibility index (Phi) is 3.25. The van der Waals surface area contributed by atoms with E-state index in [-0.39, 0.29) is 0 Å². The molecule has 2 N–H and O–H groups in total. The van der Waals surface area contributed by atoms with E-state index in [9.17, 15) is 4.79 Å². The Morgan fingerprint density at radius 1 is 1.69 bits per heavy atom. The molecule has 1 heterocycles. The van der Waals surface area contributed by atoms with Crippen LogP contribution in [-0.4, -0.2) is 17.3 Å². The molecule has 0 saturated carbocycles. The van der Waals surface area contributed by atoms with Gasteiger partial charge < -0.3 is 5.11 Å². The topological polar surface area (TPSA) is 61.7 Å². The van der Waals surface area contributed by atoms with Crippen LogP contribution in [0.15, 0.2) is 29.0 Å². The molecule has 1 unspecified atom stereocenters. The normalized spacial score (nSPS) is 17.2. The van der Waals surface area contributed by atoms with Gasteiger partial charge in [0.15, 0.2) is 0 Å². The summed E-state index contributed by atoms with van der Waals surface area (Å²) in [5.41, 5.74) is 3.33. The van der Waals surface area contributed by atoms with Crippen LogP contribution in [0.25, 0.3) is 0 Å². The molecule has 0 aromatic heterocycles. The maximum Gasteiger partial charge on any atom is 0.312 e. The predicted octanol–water partition coefficient (Wildman–Crippen LogP) is 1.13. The molecule has 0 radical (unpaired) electrons. The first-order valence-electron chi connectivity index (χ1n) is 4.14. The minimum atomic E-state index is -0.827. The molecule has 0 aromatic rings. The molecule has 1 atom stereocenters. The Morgan fingerprint density at radius 2 is 2.46 bits per heavy atom. The highest BCUT2D eigenvalue weighted by Gasteiger charge is 2.19. The lowest BCUT2D eigenvalue weighted by molar-refractivity contribution is -0.140. The minimum absolute atomic E-state index is 0.500. The molecule has 0 aliphatic carbocycles. The third-order valence-electron chi connectivity index (χ3n) is 1.82. The number of carbonyl (C=O) groups is 1. The van der Waals surface area contributed by atoms with Crippen LogP contribution in [0.3, 0.4) is 0 Å². The van der Waals surface area contributed by atoms with Gasteiger partial charge in [0.2, 0.25) is 0 Å². The number of carboxylic acid groups (broad SMARTS) is 1. The molecule has 4 heteroatoms. The van der Waals surface area contributed by atoms with E-state index in [0.717, 1.165) is 0 Å². The number of rotatable bonds is 3. The Bertz CT molecular complexity index is 279. The molecule has 4 nitrogen and oxygen atoms in total. The standard InChI is InChI=1S/C9H12N2O2/c1-2-7(9(12)13)8-5-3-4-6-10-11-8/h3-7,11H,2H2,1H3,(H,12,13). The van der Waals surface area contributed by atoms with E-state index in [4.69, 9.17) is 5.11 Å². The lowest BCUT2D eigenvalue weighted by atomic mass is 10.0. The fourth-order valence-electron chi connectivity index (χ4n) is 1.12. The zero-order chi connectivity index (χ0) is 9.68. The van der Waals surface area contributed by atoms with Crippen molar-refractivity contribution in [2.24, 2.45) is 11.0 Å². The number of hydrogen-bond acceptors (Lipinski definition) is 3. The van der Waals surface area contributed by atoms with Crippen LogP contribution in [0.4, 0.5) is 0 Å². The Balaban J connectivity index is 2.79. The van der Waals surface area contributed by atoms with Gasteiger partial charge >= 0.3 is 5.97 Å². The summed E-state index contributed by atoms with van der Waals surface area (Å²) in [6, 6.07) is 0. The van der Waals surface area contributed by atoms with Gasteiger partial charge in [0.05, 0.1) is 5.92 Å². The van der Waals surface area contributed by atoms with E-state index >= 15 is 0 Å². The second-order valence-electron chi connectivity index (χ2n) is 2.70. The average molecular weight is 180 g/mol. The lowest BCUT2D eigenvalue weighted by Crippen LogP contribution is -2.22. The van der Waals surface area contributed by atoms with Crippen LogP contribution in [0.1, 0.15) is 13.3 Å². The highest BCUT2D eigenvalue weighted by atomic mass is 16.4. The number of carboxylic acids is 1. The summed E-state index contributed by atoms with van der Waals surface area (Å²) in [6.45, 7) is 1.83. The molecule has 1 aliphatic heterocycles. The van der Waals surface area contributed by atoms with Gasteiger partial charge in [-0.15, -0.1) is 0 Å². The van der Waals surface area contributed by atoms with Crippen molar-refractivity contribution in [1.29, 1.82) is 0 Å². The fraction of sp³-hybridized carbons (Fsp3) is 0.333. The van der Waals surface area contributed by atoms with Crippen molar-refractivity contribution in [3.05, 3.63) is 23.9 Å². The monoisotopic (exact) mass is 180 g/mol. The van der Waals surface area contributed by atoms with Crippen LogP contribution in [0.5, 0.6) is 0 Å². The quantitative estimate of drug-likeness (QED) is 0.684. The third kappa shape index (κ3) is 2.43. The first-order valence-corrected chi connectivity index (χ1v) is 4.14. The van der Waals surface area contributed by atoms with E-state index in [1.54, 1.807) is 24.4 Å². The Labute approximate surface area is 76.6 Å². The number of allylic oxidation sites excluding steroid dienone is 3. The van der Waals surface area contributed by atoms with Gasteiger partial charge in [-0.05, 0) is 18.6 Å². The smallest absolute Gasteiger partial charge is 0.312 e. The van der Waals surface area contributed by atoms with E-state index in [1.807, 2.05) is 6.92 Å². The second kappa shape index (κ2) is 4.45. The largest absolute Gasteiger partial charge is 0.481 e. The molecule has 0 bridgehead atoms. The highest BCUT2D eigenvalue weighted by molar-refractivity contribution is 5.75. The van der Waals surface area contributed by atoms with Crippen molar-refractivity contribution in [3.8, 4) is 0 Å². The number of aliphatic carboxylic acids is 1. The molecule has 0 fully saturated rings. The summed E-state index contributed by atoms with van der Waals surface area (Å²) in [6.07, 6.45) is 7.38. The Morgan fingerprint density at radius 3 is 3.08 bits per heavy atom. The van der Waals surface area contributed by atoms with Crippen LogP contribution in [0, 0.1) is 5.92 Å². The van der Waals surface area contributed by atoms with Gasteiger partial charge in [-0.2, -0.15) is 5.10 Å². The molecule has 0 amide bonds. The van der Waals surface area contributed by atoms with Crippen molar-refractivity contribution in [2.75, 3.05) is 0 Å². The van der Waals surface area contributed by atoms with Crippen LogP contribution in [0.2, 0.25) is 0 Å². The number of hydrazone groups is 1. The van der Waals surface area contributed by atoms with Gasteiger partial charge in [-0.3, -0.25) is 10.2 Å². The Hall–Kier alpha value is -1.58. The van der Waals surface area contributed by atoms with Crippen molar-refractivity contribution in [3.63, 3.8) is 0 Å². The highest BCUT2D eigenvalue weighted by Crippen LogP contribution is 2.13. The first kappa shape index (κ1) is 9.51.